The van der Waals surface area contributed by atoms with Crippen molar-refractivity contribution in [2.45, 2.75) is 40.5 Å². The molecular formula is C14H20O. The van der Waals surface area contributed by atoms with E-state index in [4.69, 9.17) is 0 Å². The lowest BCUT2D eigenvalue weighted by molar-refractivity contribution is -0.126. The molecule has 0 amide bonds. The van der Waals surface area contributed by atoms with Crippen molar-refractivity contribution in [2.24, 2.45) is 17.3 Å². The molecule has 0 aliphatic heterocycles. The topological polar surface area (TPSA) is 17.1 Å². The third-order valence-corrected chi connectivity index (χ3v) is 4.25. The van der Waals surface area contributed by atoms with E-state index in [1.54, 1.807) is 0 Å². The van der Waals surface area contributed by atoms with E-state index in [1.165, 1.54) is 11.1 Å². The van der Waals surface area contributed by atoms with Gasteiger partial charge in [0.05, 0.1) is 5.41 Å². The highest BCUT2D eigenvalue weighted by Gasteiger charge is 2.46. The van der Waals surface area contributed by atoms with Crippen LogP contribution in [-0.4, -0.2) is 5.78 Å². The van der Waals surface area contributed by atoms with E-state index < -0.39 is 0 Å². The monoisotopic (exact) mass is 204 g/mol. The summed E-state index contributed by atoms with van der Waals surface area (Å²) in [5.41, 5.74) is 2.53. The zero-order valence-electron chi connectivity index (χ0n) is 10.1. The van der Waals surface area contributed by atoms with Crippen molar-refractivity contribution >= 4 is 5.78 Å². The van der Waals surface area contributed by atoms with Gasteiger partial charge < -0.3 is 0 Å². The second-order valence-electron chi connectivity index (χ2n) is 5.50. The predicted octanol–water partition coefficient (Wildman–Crippen LogP) is 3.51. The van der Waals surface area contributed by atoms with Gasteiger partial charge in [-0.2, -0.15) is 0 Å². The number of allylic oxidation sites excluding steroid dienone is 4. The zero-order chi connectivity index (χ0) is 11.2. The number of carbonyl (C=O) groups is 1. The molecule has 82 valence electrons. The Hall–Kier alpha value is -0.850. The highest BCUT2D eigenvalue weighted by atomic mass is 16.1. The Balaban J connectivity index is 2.45. The minimum Gasteiger partial charge on any atom is -0.298 e. The molecule has 0 fully saturated rings. The van der Waals surface area contributed by atoms with E-state index in [-0.39, 0.29) is 5.41 Å². The molecule has 0 spiro atoms. The fourth-order valence-electron chi connectivity index (χ4n) is 2.81. The Labute approximate surface area is 92.3 Å². The van der Waals surface area contributed by atoms with Gasteiger partial charge in [0.25, 0.3) is 0 Å². The average Bonchev–Trinajstić information content (AvgIpc) is 2.42. The summed E-state index contributed by atoms with van der Waals surface area (Å²) >= 11 is 0. The van der Waals surface area contributed by atoms with Crippen LogP contribution >= 0.6 is 0 Å². The van der Waals surface area contributed by atoms with Gasteiger partial charge in [-0.1, -0.05) is 38.5 Å². The maximum absolute atomic E-state index is 12.1. The van der Waals surface area contributed by atoms with E-state index >= 15 is 0 Å². The number of carbonyl (C=O) groups excluding carboxylic acids is 1. The number of ketones is 1. The van der Waals surface area contributed by atoms with Crippen molar-refractivity contribution in [1.82, 2.24) is 0 Å². The molecular weight excluding hydrogens is 184 g/mol. The van der Waals surface area contributed by atoms with Gasteiger partial charge in [0.2, 0.25) is 0 Å². The Morgan fingerprint density at radius 3 is 2.73 bits per heavy atom. The average molecular weight is 204 g/mol. The Kier molecular flexibility index (Phi) is 2.37. The summed E-state index contributed by atoms with van der Waals surface area (Å²) in [4.78, 5) is 12.1. The highest BCUT2D eigenvalue weighted by molar-refractivity contribution is 5.94. The fraction of sp³-hybridized carbons (Fsp3) is 0.643. The molecule has 2 aliphatic carbocycles. The van der Waals surface area contributed by atoms with Crippen molar-refractivity contribution in [3.8, 4) is 0 Å². The molecule has 0 aromatic carbocycles. The van der Waals surface area contributed by atoms with E-state index in [2.05, 4.69) is 39.8 Å². The van der Waals surface area contributed by atoms with E-state index in [9.17, 15) is 4.79 Å². The molecule has 0 aromatic rings. The highest BCUT2D eigenvalue weighted by Crippen LogP contribution is 2.49. The Morgan fingerprint density at radius 1 is 1.47 bits per heavy atom. The lowest BCUT2D eigenvalue weighted by Crippen LogP contribution is -2.32. The summed E-state index contributed by atoms with van der Waals surface area (Å²) in [6, 6.07) is 0. The number of hydrogen-bond acceptors (Lipinski definition) is 1. The van der Waals surface area contributed by atoms with Gasteiger partial charge >= 0.3 is 0 Å². The quantitative estimate of drug-likeness (QED) is 0.638. The Bertz CT molecular complexity index is 360. The normalized spacial score (nSPS) is 35.3. The first kappa shape index (κ1) is 10.7. The van der Waals surface area contributed by atoms with Gasteiger partial charge in [-0.3, -0.25) is 4.79 Å². The maximum Gasteiger partial charge on any atom is 0.147 e. The fourth-order valence-corrected chi connectivity index (χ4v) is 2.81. The maximum atomic E-state index is 12.1. The van der Waals surface area contributed by atoms with Gasteiger partial charge in [-0.15, -0.1) is 0 Å². The van der Waals surface area contributed by atoms with Gasteiger partial charge in [-0.05, 0) is 30.8 Å². The lowest BCUT2D eigenvalue weighted by atomic mass is 9.70. The molecule has 15 heavy (non-hydrogen) atoms. The molecule has 0 bridgehead atoms. The number of Topliss-reactive ketones (excluding diaryl/α,β-unsaturated/α-hetero) is 1. The molecule has 2 rings (SSSR count). The van der Waals surface area contributed by atoms with E-state index in [0.717, 1.165) is 6.42 Å². The second kappa shape index (κ2) is 3.33. The van der Waals surface area contributed by atoms with Crippen LogP contribution in [0.4, 0.5) is 0 Å². The first-order chi connectivity index (χ1) is 6.96. The van der Waals surface area contributed by atoms with Crippen LogP contribution in [0.5, 0.6) is 0 Å². The van der Waals surface area contributed by atoms with Gasteiger partial charge in [-0.25, -0.2) is 0 Å². The molecule has 0 N–H and O–H groups in total. The van der Waals surface area contributed by atoms with Crippen molar-refractivity contribution in [1.29, 1.82) is 0 Å². The molecule has 0 saturated heterocycles. The molecule has 1 nitrogen and oxygen atoms in total. The van der Waals surface area contributed by atoms with Crippen LogP contribution in [0.2, 0.25) is 0 Å². The predicted molar refractivity (Wildman–Crippen MR) is 62.5 cm³/mol. The summed E-state index contributed by atoms with van der Waals surface area (Å²) in [5.74, 6) is 1.42. The number of rotatable bonds is 1. The standard InChI is InChI=1S/C14H20O/c1-9(2)14(4)12-7-10(3)5-6-11(12)8-13(14)15/h5-6,9-10H,7-8H2,1-4H3. The summed E-state index contributed by atoms with van der Waals surface area (Å²) < 4.78 is 0. The number of hydrogen-bond donors (Lipinski definition) is 0. The summed E-state index contributed by atoms with van der Waals surface area (Å²) in [6.07, 6.45) is 6.15. The van der Waals surface area contributed by atoms with Gasteiger partial charge in [0.1, 0.15) is 5.78 Å². The summed E-state index contributed by atoms with van der Waals surface area (Å²) in [6.45, 7) is 8.69. The molecule has 2 aliphatic rings. The van der Waals surface area contributed by atoms with E-state index in [1.807, 2.05) is 0 Å². The first-order valence-corrected chi connectivity index (χ1v) is 5.90. The molecule has 0 saturated carbocycles. The largest absolute Gasteiger partial charge is 0.298 e. The van der Waals surface area contributed by atoms with Crippen LogP contribution < -0.4 is 0 Å². The van der Waals surface area contributed by atoms with Crippen molar-refractivity contribution in [2.75, 3.05) is 0 Å². The van der Waals surface area contributed by atoms with Crippen molar-refractivity contribution in [3.05, 3.63) is 23.3 Å². The third-order valence-electron chi connectivity index (χ3n) is 4.25. The van der Waals surface area contributed by atoms with Crippen LogP contribution in [0.1, 0.15) is 40.5 Å². The van der Waals surface area contributed by atoms with Crippen LogP contribution in [-0.2, 0) is 4.79 Å². The van der Waals surface area contributed by atoms with Gasteiger partial charge in [0.15, 0.2) is 0 Å². The minimum atomic E-state index is -0.186. The van der Waals surface area contributed by atoms with Gasteiger partial charge in [0, 0.05) is 6.42 Å². The van der Waals surface area contributed by atoms with E-state index in [0.29, 0.717) is 24.0 Å². The molecule has 1 heteroatoms. The molecule has 2 unspecified atom stereocenters. The van der Waals surface area contributed by atoms with Crippen LogP contribution in [0.15, 0.2) is 23.3 Å². The molecule has 0 heterocycles. The molecule has 2 atom stereocenters. The Morgan fingerprint density at radius 2 is 2.13 bits per heavy atom. The van der Waals surface area contributed by atoms with Crippen molar-refractivity contribution in [3.63, 3.8) is 0 Å². The second-order valence-corrected chi connectivity index (χ2v) is 5.50. The zero-order valence-corrected chi connectivity index (χ0v) is 10.1. The van der Waals surface area contributed by atoms with Crippen LogP contribution in [0.3, 0.4) is 0 Å². The molecule has 0 radical (unpaired) electrons. The van der Waals surface area contributed by atoms with Crippen molar-refractivity contribution < 1.29 is 4.79 Å². The summed E-state index contributed by atoms with van der Waals surface area (Å²) in [7, 11) is 0. The molecule has 0 aromatic heterocycles. The minimum absolute atomic E-state index is 0.186. The van der Waals surface area contributed by atoms with Crippen LogP contribution in [0, 0.1) is 17.3 Å². The summed E-state index contributed by atoms with van der Waals surface area (Å²) in [5, 5.41) is 0. The third kappa shape index (κ3) is 1.40. The van der Waals surface area contributed by atoms with Crippen LogP contribution in [0.25, 0.3) is 0 Å². The lowest BCUT2D eigenvalue weighted by Gasteiger charge is -2.33. The first-order valence-electron chi connectivity index (χ1n) is 5.90. The SMILES string of the molecule is CC1C=CC2=C(C1)C(C)(C(C)C)C(=O)C2. The smallest absolute Gasteiger partial charge is 0.147 e.